The van der Waals surface area contributed by atoms with Gasteiger partial charge in [0.2, 0.25) is 0 Å². The third kappa shape index (κ3) is 2.30. The molecular weight excluding hydrogens is 328 g/mol. The number of benzene rings is 1. The number of imide groups is 2. The maximum absolute atomic E-state index is 12.1. The molecule has 0 bridgehead atoms. The molecule has 1 aromatic carbocycles. The standard InChI is InChI=1S/C16H16N4O3S/c1-18-14(21)15(22)20(16(18)23)9-19-8-4-6-11(19)13-17-10-5-2-3-7-12(10)24-13/h2-3,5,7,11H,4,6,8-9H2,1H3/p+1/t11-/m0/s1. The summed E-state index contributed by atoms with van der Waals surface area (Å²) in [6.45, 7) is 1.07. The highest BCUT2D eigenvalue weighted by Gasteiger charge is 2.46. The lowest BCUT2D eigenvalue weighted by Gasteiger charge is -2.23. The van der Waals surface area contributed by atoms with E-state index in [1.165, 1.54) is 7.05 Å². The Bertz CT molecular complexity index is 816. The number of para-hydroxylation sites is 1. The van der Waals surface area contributed by atoms with Crippen molar-refractivity contribution in [2.75, 3.05) is 20.3 Å². The van der Waals surface area contributed by atoms with Crippen molar-refractivity contribution in [3.63, 3.8) is 0 Å². The molecule has 7 nitrogen and oxygen atoms in total. The van der Waals surface area contributed by atoms with Crippen LogP contribution in [0.3, 0.4) is 0 Å². The second-order valence-electron chi connectivity index (χ2n) is 6.16. The van der Waals surface area contributed by atoms with E-state index < -0.39 is 17.8 Å². The number of hydrogen-bond acceptors (Lipinski definition) is 5. The fourth-order valence-corrected chi connectivity index (χ4v) is 4.56. The first-order valence-electron chi connectivity index (χ1n) is 7.90. The molecule has 0 radical (unpaired) electrons. The van der Waals surface area contributed by atoms with E-state index in [2.05, 4.69) is 0 Å². The Morgan fingerprint density at radius 2 is 2.04 bits per heavy atom. The van der Waals surface area contributed by atoms with Crippen molar-refractivity contribution in [2.45, 2.75) is 18.9 Å². The number of quaternary nitrogens is 1. The molecule has 2 saturated heterocycles. The monoisotopic (exact) mass is 345 g/mol. The average Bonchev–Trinajstić information content (AvgIpc) is 3.26. The number of amides is 4. The Morgan fingerprint density at radius 3 is 2.75 bits per heavy atom. The van der Waals surface area contributed by atoms with Crippen LogP contribution in [0.4, 0.5) is 4.79 Å². The minimum absolute atomic E-state index is 0.156. The fourth-order valence-electron chi connectivity index (χ4n) is 3.39. The lowest BCUT2D eigenvalue weighted by Crippen LogP contribution is -3.12. The molecule has 124 valence electrons. The molecule has 3 heterocycles. The maximum Gasteiger partial charge on any atom is 0.338 e. The van der Waals surface area contributed by atoms with Crippen molar-refractivity contribution in [1.82, 2.24) is 14.8 Å². The fraction of sp³-hybridized carbons (Fsp3) is 0.375. The average molecular weight is 345 g/mol. The maximum atomic E-state index is 12.1. The van der Waals surface area contributed by atoms with Crippen LogP contribution in [0.2, 0.25) is 0 Å². The number of fused-ring (bicyclic) bond motifs is 1. The molecular formula is C16H17N4O3S+. The molecule has 0 saturated carbocycles. The molecule has 2 aromatic rings. The number of hydrogen-bond donors (Lipinski definition) is 1. The third-order valence-corrected chi connectivity index (χ3v) is 5.85. The van der Waals surface area contributed by atoms with Crippen molar-refractivity contribution in [3.8, 4) is 0 Å². The zero-order valence-corrected chi connectivity index (χ0v) is 14.0. The van der Waals surface area contributed by atoms with Gasteiger partial charge in [0.1, 0.15) is 6.04 Å². The van der Waals surface area contributed by atoms with Gasteiger partial charge in [-0.3, -0.25) is 14.5 Å². The first kappa shape index (κ1) is 15.2. The number of likely N-dealkylation sites (tertiary alicyclic amines) is 1. The van der Waals surface area contributed by atoms with Crippen LogP contribution in [0.15, 0.2) is 24.3 Å². The molecule has 0 aliphatic carbocycles. The van der Waals surface area contributed by atoms with E-state index >= 15 is 0 Å². The third-order valence-electron chi connectivity index (χ3n) is 4.70. The second-order valence-corrected chi connectivity index (χ2v) is 7.22. The van der Waals surface area contributed by atoms with Crippen LogP contribution in [0, 0.1) is 0 Å². The van der Waals surface area contributed by atoms with Gasteiger partial charge in [-0.2, -0.15) is 0 Å². The van der Waals surface area contributed by atoms with E-state index in [0.717, 1.165) is 49.3 Å². The van der Waals surface area contributed by atoms with E-state index in [-0.39, 0.29) is 12.7 Å². The van der Waals surface area contributed by atoms with Crippen molar-refractivity contribution in [2.24, 2.45) is 0 Å². The zero-order valence-electron chi connectivity index (χ0n) is 13.2. The predicted molar refractivity (Wildman–Crippen MR) is 87.3 cm³/mol. The first-order valence-corrected chi connectivity index (χ1v) is 8.71. The molecule has 24 heavy (non-hydrogen) atoms. The van der Waals surface area contributed by atoms with Gasteiger partial charge in [-0.1, -0.05) is 12.1 Å². The van der Waals surface area contributed by atoms with Crippen LogP contribution < -0.4 is 4.90 Å². The summed E-state index contributed by atoms with van der Waals surface area (Å²) < 4.78 is 1.14. The van der Waals surface area contributed by atoms with Crippen molar-refractivity contribution >= 4 is 39.4 Å². The van der Waals surface area contributed by atoms with E-state index in [1.807, 2.05) is 24.3 Å². The normalized spacial score (nSPS) is 24.6. The van der Waals surface area contributed by atoms with E-state index in [9.17, 15) is 14.4 Å². The van der Waals surface area contributed by atoms with Crippen LogP contribution >= 0.6 is 11.3 Å². The number of carbonyl (C=O) groups is 3. The molecule has 2 aliphatic heterocycles. The van der Waals surface area contributed by atoms with Crippen LogP contribution in [0.1, 0.15) is 23.9 Å². The summed E-state index contributed by atoms with van der Waals surface area (Å²) in [7, 11) is 1.34. The lowest BCUT2D eigenvalue weighted by atomic mass is 10.2. The largest absolute Gasteiger partial charge is 0.338 e. The number of carbonyl (C=O) groups excluding carboxylic acids is 3. The number of thiazole rings is 1. The highest BCUT2D eigenvalue weighted by atomic mass is 32.1. The SMILES string of the molecule is CN1C(=O)C(=O)N(C[NH+]2CCC[C@H]2c2nc3ccccc3s2)C1=O. The molecule has 1 N–H and O–H groups in total. The summed E-state index contributed by atoms with van der Waals surface area (Å²) >= 11 is 1.66. The number of aromatic nitrogens is 1. The molecule has 2 fully saturated rings. The molecule has 2 aliphatic rings. The van der Waals surface area contributed by atoms with Gasteiger partial charge in [0.15, 0.2) is 11.7 Å². The summed E-state index contributed by atoms with van der Waals surface area (Å²) in [4.78, 5) is 43.5. The molecule has 8 heteroatoms. The number of urea groups is 1. The van der Waals surface area contributed by atoms with Crippen LogP contribution in [0.5, 0.6) is 0 Å². The number of rotatable bonds is 3. The van der Waals surface area contributed by atoms with Crippen molar-refractivity contribution in [1.29, 1.82) is 0 Å². The molecule has 4 rings (SSSR count). The Hall–Kier alpha value is -2.32. The van der Waals surface area contributed by atoms with Gasteiger partial charge < -0.3 is 4.90 Å². The minimum Gasteiger partial charge on any atom is -0.309 e. The Kier molecular flexibility index (Phi) is 3.58. The summed E-state index contributed by atoms with van der Waals surface area (Å²) in [5.74, 6) is -1.49. The van der Waals surface area contributed by atoms with Crippen molar-refractivity contribution in [3.05, 3.63) is 29.3 Å². The topological polar surface area (TPSA) is 75.0 Å². The van der Waals surface area contributed by atoms with Gasteiger partial charge in [0.05, 0.1) is 16.8 Å². The number of nitrogens with one attached hydrogen (secondary N) is 1. The predicted octanol–water partition coefficient (Wildman–Crippen LogP) is 0.394. The van der Waals surface area contributed by atoms with Crippen LogP contribution in [-0.2, 0) is 9.59 Å². The van der Waals surface area contributed by atoms with E-state index in [0.29, 0.717) is 0 Å². The molecule has 1 aromatic heterocycles. The van der Waals surface area contributed by atoms with Gasteiger partial charge in [0.25, 0.3) is 0 Å². The van der Waals surface area contributed by atoms with Gasteiger partial charge >= 0.3 is 17.8 Å². The van der Waals surface area contributed by atoms with Crippen LogP contribution in [-0.4, -0.2) is 52.9 Å². The van der Waals surface area contributed by atoms with Gasteiger partial charge in [-0.25, -0.2) is 14.7 Å². The van der Waals surface area contributed by atoms with Gasteiger partial charge in [-0.15, -0.1) is 11.3 Å². The van der Waals surface area contributed by atoms with Gasteiger partial charge in [-0.05, 0) is 12.1 Å². The molecule has 0 spiro atoms. The summed E-state index contributed by atoms with van der Waals surface area (Å²) in [6, 6.07) is 7.62. The number of likely N-dealkylation sites (N-methyl/N-ethyl adjacent to an activating group) is 1. The smallest absolute Gasteiger partial charge is 0.309 e. The first-order chi connectivity index (χ1) is 11.6. The molecule has 2 atom stereocenters. The Balaban J connectivity index is 1.58. The summed E-state index contributed by atoms with van der Waals surface area (Å²) in [5, 5.41) is 1.03. The molecule has 4 amide bonds. The highest BCUT2D eigenvalue weighted by molar-refractivity contribution is 7.18. The van der Waals surface area contributed by atoms with Crippen molar-refractivity contribution < 1.29 is 19.3 Å². The molecule has 1 unspecified atom stereocenters. The second kappa shape index (κ2) is 5.64. The van der Waals surface area contributed by atoms with Gasteiger partial charge in [0, 0.05) is 19.9 Å². The zero-order chi connectivity index (χ0) is 16.8. The minimum atomic E-state index is -0.755. The number of nitrogens with zero attached hydrogens (tertiary/aromatic N) is 3. The van der Waals surface area contributed by atoms with E-state index in [1.54, 1.807) is 11.3 Å². The summed E-state index contributed by atoms with van der Waals surface area (Å²) in [6.07, 6.45) is 1.98. The van der Waals surface area contributed by atoms with E-state index in [4.69, 9.17) is 4.98 Å². The quantitative estimate of drug-likeness (QED) is 0.645. The Labute approximate surface area is 142 Å². The van der Waals surface area contributed by atoms with Crippen LogP contribution in [0.25, 0.3) is 10.2 Å². The Morgan fingerprint density at radius 1 is 1.25 bits per heavy atom. The summed E-state index contributed by atoms with van der Waals surface area (Å²) in [5.41, 5.74) is 0.979. The lowest BCUT2D eigenvalue weighted by molar-refractivity contribution is -0.925. The highest BCUT2D eigenvalue weighted by Crippen LogP contribution is 2.28.